The Kier molecular flexibility index (Phi) is 4.79. The second kappa shape index (κ2) is 6.57. The molecule has 1 aromatic carbocycles. The lowest BCUT2D eigenvalue weighted by atomic mass is 10.1. The highest BCUT2D eigenvalue weighted by atomic mass is 35.5. The Morgan fingerprint density at radius 3 is 2.90 bits per heavy atom. The predicted molar refractivity (Wildman–Crippen MR) is 78.9 cm³/mol. The van der Waals surface area contributed by atoms with Gasteiger partial charge in [-0.15, -0.1) is 0 Å². The van der Waals surface area contributed by atoms with Crippen LogP contribution in [0.1, 0.15) is 25.5 Å². The molecule has 1 aromatic heterocycles. The number of anilines is 1. The Hall–Kier alpha value is -1.81. The van der Waals surface area contributed by atoms with Gasteiger partial charge in [-0.25, -0.2) is 9.37 Å². The average Bonchev–Trinajstić information content (AvgIpc) is 2.41. The first-order valence-electron chi connectivity index (χ1n) is 6.41. The molecule has 1 atom stereocenters. The van der Waals surface area contributed by atoms with E-state index in [9.17, 15) is 4.39 Å². The highest BCUT2D eigenvalue weighted by Gasteiger charge is 2.13. The first-order valence-corrected chi connectivity index (χ1v) is 6.79. The summed E-state index contributed by atoms with van der Waals surface area (Å²) in [5, 5.41) is 3.67. The van der Waals surface area contributed by atoms with E-state index in [4.69, 9.17) is 16.3 Å². The third kappa shape index (κ3) is 3.39. The molecule has 3 nitrogen and oxygen atoms in total. The topological polar surface area (TPSA) is 34.1 Å². The summed E-state index contributed by atoms with van der Waals surface area (Å²) < 4.78 is 18.5. The zero-order valence-electron chi connectivity index (χ0n) is 11.4. The summed E-state index contributed by atoms with van der Waals surface area (Å²) in [7, 11) is 0. The first kappa shape index (κ1) is 14.6. The summed E-state index contributed by atoms with van der Waals surface area (Å²) in [6, 6.07) is 7.99. The van der Waals surface area contributed by atoms with Crippen LogP contribution < -0.4 is 10.1 Å². The van der Waals surface area contributed by atoms with Gasteiger partial charge in [0, 0.05) is 11.2 Å². The maximum absolute atomic E-state index is 13.1. The van der Waals surface area contributed by atoms with E-state index in [1.165, 1.54) is 12.1 Å². The van der Waals surface area contributed by atoms with Crippen LogP contribution >= 0.6 is 11.6 Å². The zero-order chi connectivity index (χ0) is 14.5. The van der Waals surface area contributed by atoms with Crippen LogP contribution in [0.5, 0.6) is 5.88 Å². The van der Waals surface area contributed by atoms with Crippen LogP contribution in [0.2, 0.25) is 5.02 Å². The van der Waals surface area contributed by atoms with E-state index in [2.05, 4.69) is 10.3 Å². The maximum Gasteiger partial charge on any atom is 0.237 e. The van der Waals surface area contributed by atoms with Gasteiger partial charge in [0.05, 0.1) is 18.3 Å². The lowest BCUT2D eigenvalue weighted by molar-refractivity contribution is 0.328. The van der Waals surface area contributed by atoms with Crippen LogP contribution in [0, 0.1) is 5.82 Å². The van der Waals surface area contributed by atoms with Gasteiger partial charge in [-0.1, -0.05) is 17.7 Å². The molecule has 1 unspecified atom stereocenters. The summed E-state index contributed by atoms with van der Waals surface area (Å²) in [6.07, 6.45) is 1.67. The lowest BCUT2D eigenvalue weighted by Crippen LogP contribution is -2.09. The molecule has 0 saturated carbocycles. The second-order valence-electron chi connectivity index (χ2n) is 4.32. The monoisotopic (exact) mass is 294 g/mol. The molecule has 0 radical (unpaired) electrons. The summed E-state index contributed by atoms with van der Waals surface area (Å²) in [5.74, 6) is 0.197. The van der Waals surface area contributed by atoms with Gasteiger partial charge >= 0.3 is 0 Å². The minimum atomic E-state index is -0.345. The fourth-order valence-corrected chi connectivity index (χ4v) is 2.25. The van der Waals surface area contributed by atoms with E-state index in [1.807, 2.05) is 26.0 Å². The molecule has 2 aromatic rings. The Bertz CT molecular complexity index is 592. The number of ether oxygens (including phenoxy) is 1. The van der Waals surface area contributed by atoms with Crippen molar-refractivity contribution in [2.24, 2.45) is 0 Å². The van der Waals surface area contributed by atoms with Crippen LogP contribution in [-0.2, 0) is 0 Å². The minimum Gasteiger partial charge on any atom is -0.476 e. The quantitative estimate of drug-likeness (QED) is 0.885. The third-order valence-corrected chi connectivity index (χ3v) is 3.18. The first-order chi connectivity index (χ1) is 9.61. The molecule has 5 heteroatoms. The number of hydrogen-bond acceptors (Lipinski definition) is 3. The van der Waals surface area contributed by atoms with Crippen LogP contribution in [-0.4, -0.2) is 11.6 Å². The molecular formula is C15H16ClFN2O. The van der Waals surface area contributed by atoms with E-state index in [0.717, 1.165) is 11.3 Å². The van der Waals surface area contributed by atoms with Gasteiger partial charge in [-0.3, -0.25) is 0 Å². The zero-order valence-corrected chi connectivity index (χ0v) is 12.1. The number of halogens is 2. The Balaban J connectivity index is 2.21. The highest BCUT2D eigenvalue weighted by Crippen LogP contribution is 2.29. The van der Waals surface area contributed by atoms with Crippen molar-refractivity contribution >= 4 is 17.3 Å². The SMILES string of the molecule is CCOc1ncccc1NC(C)c1ccc(F)cc1Cl. The summed E-state index contributed by atoms with van der Waals surface area (Å²) >= 11 is 6.06. The van der Waals surface area contributed by atoms with Crippen LogP contribution in [0.25, 0.3) is 0 Å². The fraction of sp³-hybridized carbons (Fsp3) is 0.267. The molecular weight excluding hydrogens is 279 g/mol. The van der Waals surface area contributed by atoms with E-state index in [0.29, 0.717) is 17.5 Å². The van der Waals surface area contributed by atoms with E-state index in [1.54, 1.807) is 12.3 Å². The van der Waals surface area contributed by atoms with Crippen LogP contribution in [0.3, 0.4) is 0 Å². The van der Waals surface area contributed by atoms with Gasteiger partial charge in [-0.2, -0.15) is 0 Å². The van der Waals surface area contributed by atoms with Gasteiger partial charge in [-0.05, 0) is 43.7 Å². The third-order valence-electron chi connectivity index (χ3n) is 2.85. The van der Waals surface area contributed by atoms with Crippen molar-refractivity contribution in [3.8, 4) is 5.88 Å². The lowest BCUT2D eigenvalue weighted by Gasteiger charge is -2.18. The number of rotatable bonds is 5. The molecule has 0 aliphatic rings. The van der Waals surface area contributed by atoms with E-state index < -0.39 is 0 Å². The minimum absolute atomic E-state index is 0.0912. The Morgan fingerprint density at radius 1 is 1.40 bits per heavy atom. The summed E-state index contributed by atoms with van der Waals surface area (Å²) in [5.41, 5.74) is 1.60. The normalized spacial score (nSPS) is 12.0. The molecule has 0 saturated heterocycles. The number of nitrogens with zero attached hydrogens (tertiary/aromatic N) is 1. The molecule has 2 rings (SSSR count). The number of aromatic nitrogens is 1. The molecule has 106 valence electrons. The van der Waals surface area contributed by atoms with Gasteiger partial charge in [0.1, 0.15) is 5.82 Å². The second-order valence-corrected chi connectivity index (χ2v) is 4.73. The molecule has 0 aliphatic heterocycles. The largest absolute Gasteiger partial charge is 0.476 e. The average molecular weight is 295 g/mol. The molecule has 0 bridgehead atoms. The van der Waals surface area contributed by atoms with Crippen molar-refractivity contribution < 1.29 is 9.13 Å². The van der Waals surface area contributed by atoms with Crippen LogP contribution in [0.4, 0.5) is 10.1 Å². The molecule has 0 spiro atoms. The van der Waals surface area contributed by atoms with Gasteiger partial charge in [0.15, 0.2) is 0 Å². The maximum atomic E-state index is 13.1. The van der Waals surface area contributed by atoms with Crippen LogP contribution in [0.15, 0.2) is 36.5 Å². The molecule has 20 heavy (non-hydrogen) atoms. The smallest absolute Gasteiger partial charge is 0.237 e. The molecule has 1 N–H and O–H groups in total. The van der Waals surface area contributed by atoms with Gasteiger partial charge in [0.25, 0.3) is 0 Å². The number of pyridine rings is 1. The molecule has 0 aliphatic carbocycles. The molecule has 1 heterocycles. The number of benzene rings is 1. The standard InChI is InChI=1S/C15H16ClFN2O/c1-3-20-15-14(5-4-8-18-15)19-10(2)12-7-6-11(17)9-13(12)16/h4-10,19H,3H2,1-2H3. The Labute approximate surface area is 122 Å². The van der Waals surface area contributed by atoms with Gasteiger partial charge in [0.2, 0.25) is 5.88 Å². The Morgan fingerprint density at radius 2 is 2.20 bits per heavy atom. The van der Waals surface area contributed by atoms with Crippen molar-refractivity contribution in [1.82, 2.24) is 4.98 Å². The number of hydrogen-bond donors (Lipinski definition) is 1. The molecule has 0 fully saturated rings. The van der Waals surface area contributed by atoms with Crippen molar-refractivity contribution in [2.75, 3.05) is 11.9 Å². The van der Waals surface area contributed by atoms with Crippen molar-refractivity contribution in [1.29, 1.82) is 0 Å². The highest BCUT2D eigenvalue weighted by molar-refractivity contribution is 6.31. The van der Waals surface area contributed by atoms with Crippen molar-refractivity contribution in [3.63, 3.8) is 0 Å². The van der Waals surface area contributed by atoms with E-state index >= 15 is 0 Å². The van der Waals surface area contributed by atoms with E-state index in [-0.39, 0.29) is 11.9 Å². The van der Waals surface area contributed by atoms with Gasteiger partial charge < -0.3 is 10.1 Å². The number of nitrogens with one attached hydrogen (secondary N) is 1. The fourth-order valence-electron chi connectivity index (χ4n) is 1.92. The van der Waals surface area contributed by atoms with Crippen molar-refractivity contribution in [2.45, 2.75) is 19.9 Å². The summed E-state index contributed by atoms with van der Waals surface area (Å²) in [4.78, 5) is 4.17. The molecule has 0 amide bonds. The predicted octanol–water partition coefficient (Wildman–Crippen LogP) is 4.45. The summed E-state index contributed by atoms with van der Waals surface area (Å²) in [6.45, 7) is 4.39. The van der Waals surface area contributed by atoms with Crippen molar-refractivity contribution in [3.05, 3.63) is 52.9 Å².